The van der Waals surface area contributed by atoms with E-state index in [0.29, 0.717) is 23.8 Å². The summed E-state index contributed by atoms with van der Waals surface area (Å²) in [7, 11) is 0. The van der Waals surface area contributed by atoms with E-state index in [1.807, 2.05) is 11.8 Å². The van der Waals surface area contributed by atoms with Gasteiger partial charge in [0.15, 0.2) is 0 Å². The first-order chi connectivity index (χ1) is 6.25. The summed E-state index contributed by atoms with van der Waals surface area (Å²) in [6.07, 6.45) is 1.91. The van der Waals surface area contributed by atoms with Crippen molar-refractivity contribution in [1.82, 2.24) is 10.6 Å². The second-order valence-corrected chi connectivity index (χ2v) is 5.33. The fraction of sp³-hybridized carbons (Fsp3) is 0.889. The van der Waals surface area contributed by atoms with Crippen LogP contribution in [0.5, 0.6) is 0 Å². The number of thioether (sulfide) groups is 1. The van der Waals surface area contributed by atoms with Crippen LogP contribution in [0.15, 0.2) is 0 Å². The first-order valence-electron chi connectivity index (χ1n) is 4.90. The van der Waals surface area contributed by atoms with E-state index in [1.165, 1.54) is 12.2 Å². The molecular formula is C9H16N2OS. The van der Waals surface area contributed by atoms with Gasteiger partial charge in [-0.3, -0.25) is 4.79 Å². The molecular weight excluding hydrogens is 184 g/mol. The lowest BCUT2D eigenvalue weighted by atomic mass is 10.1. The van der Waals surface area contributed by atoms with Gasteiger partial charge in [0.05, 0.1) is 0 Å². The zero-order chi connectivity index (χ0) is 9.26. The molecule has 3 unspecified atom stereocenters. The molecule has 0 aromatic heterocycles. The highest BCUT2D eigenvalue weighted by molar-refractivity contribution is 8.00. The van der Waals surface area contributed by atoms with Crippen molar-refractivity contribution < 1.29 is 4.79 Å². The van der Waals surface area contributed by atoms with Gasteiger partial charge in [0.25, 0.3) is 0 Å². The summed E-state index contributed by atoms with van der Waals surface area (Å²) < 4.78 is 0. The minimum Gasteiger partial charge on any atom is -0.354 e. The highest BCUT2D eigenvalue weighted by atomic mass is 32.2. The molecule has 0 radical (unpaired) electrons. The van der Waals surface area contributed by atoms with Crippen LogP contribution in [0.4, 0.5) is 0 Å². The third-order valence-electron chi connectivity index (χ3n) is 2.80. The normalized spacial score (nSPS) is 39.5. The standard InChI is InChI=1S/C9H16N2OS/c1-6-8(2-3-13-6)11-7-4-9(12)10-5-7/h6-8,11H,2-5H2,1H3,(H,10,12). The van der Waals surface area contributed by atoms with Crippen molar-refractivity contribution in [3.8, 4) is 0 Å². The van der Waals surface area contributed by atoms with Gasteiger partial charge in [0, 0.05) is 30.3 Å². The number of carbonyl (C=O) groups is 1. The molecule has 3 atom stereocenters. The summed E-state index contributed by atoms with van der Waals surface area (Å²) >= 11 is 2.02. The lowest BCUT2D eigenvalue weighted by molar-refractivity contribution is -0.119. The van der Waals surface area contributed by atoms with Crippen LogP contribution in [0.2, 0.25) is 0 Å². The molecule has 0 spiro atoms. The van der Waals surface area contributed by atoms with E-state index in [4.69, 9.17) is 0 Å². The van der Waals surface area contributed by atoms with E-state index < -0.39 is 0 Å². The quantitative estimate of drug-likeness (QED) is 0.676. The average Bonchev–Trinajstić information content (AvgIpc) is 2.64. The van der Waals surface area contributed by atoms with Crippen molar-refractivity contribution in [2.45, 2.75) is 37.1 Å². The van der Waals surface area contributed by atoms with Crippen LogP contribution >= 0.6 is 11.8 Å². The molecule has 2 N–H and O–H groups in total. The van der Waals surface area contributed by atoms with E-state index in [-0.39, 0.29) is 5.91 Å². The lowest BCUT2D eigenvalue weighted by Gasteiger charge is -2.20. The first kappa shape index (κ1) is 9.34. The molecule has 2 rings (SSSR count). The van der Waals surface area contributed by atoms with Gasteiger partial charge in [-0.2, -0.15) is 11.8 Å². The molecule has 2 heterocycles. The smallest absolute Gasteiger partial charge is 0.221 e. The van der Waals surface area contributed by atoms with E-state index in [2.05, 4.69) is 17.6 Å². The van der Waals surface area contributed by atoms with Gasteiger partial charge in [0.1, 0.15) is 0 Å². The highest BCUT2D eigenvalue weighted by Gasteiger charge is 2.29. The van der Waals surface area contributed by atoms with Crippen LogP contribution in [0.1, 0.15) is 19.8 Å². The Hall–Kier alpha value is -0.220. The van der Waals surface area contributed by atoms with Crippen molar-refractivity contribution in [3.05, 3.63) is 0 Å². The third-order valence-corrected chi connectivity index (χ3v) is 4.13. The molecule has 1 amide bonds. The Morgan fingerprint density at radius 3 is 3.00 bits per heavy atom. The average molecular weight is 200 g/mol. The summed E-state index contributed by atoms with van der Waals surface area (Å²) in [5, 5.41) is 7.11. The summed E-state index contributed by atoms with van der Waals surface area (Å²) in [5.74, 6) is 1.45. The van der Waals surface area contributed by atoms with Crippen molar-refractivity contribution in [2.24, 2.45) is 0 Å². The molecule has 2 saturated heterocycles. The van der Waals surface area contributed by atoms with Crippen LogP contribution in [0, 0.1) is 0 Å². The molecule has 0 aromatic rings. The Balaban J connectivity index is 1.80. The molecule has 2 aliphatic rings. The molecule has 2 aliphatic heterocycles. The number of hydrogen-bond donors (Lipinski definition) is 2. The Morgan fingerprint density at radius 1 is 1.62 bits per heavy atom. The van der Waals surface area contributed by atoms with Gasteiger partial charge in [-0.25, -0.2) is 0 Å². The SMILES string of the molecule is CC1SCCC1NC1CNC(=O)C1. The van der Waals surface area contributed by atoms with Crippen LogP contribution in [0.25, 0.3) is 0 Å². The number of nitrogens with one attached hydrogen (secondary N) is 2. The molecule has 4 heteroatoms. The molecule has 0 saturated carbocycles. The van der Waals surface area contributed by atoms with Gasteiger partial charge in [-0.1, -0.05) is 6.92 Å². The maximum absolute atomic E-state index is 11.0. The lowest BCUT2D eigenvalue weighted by Crippen LogP contribution is -2.42. The van der Waals surface area contributed by atoms with Crippen LogP contribution in [-0.2, 0) is 4.79 Å². The minimum atomic E-state index is 0.191. The molecule has 0 aromatic carbocycles. The Labute approximate surface area is 83.0 Å². The summed E-state index contributed by atoms with van der Waals surface area (Å²) in [6, 6.07) is 0.987. The highest BCUT2D eigenvalue weighted by Crippen LogP contribution is 2.26. The monoisotopic (exact) mass is 200 g/mol. The van der Waals surface area contributed by atoms with E-state index >= 15 is 0 Å². The maximum atomic E-state index is 11.0. The number of rotatable bonds is 2. The van der Waals surface area contributed by atoms with Crippen LogP contribution in [-0.4, -0.2) is 35.5 Å². The van der Waals surface area contributed by atoms with Crippen molar-refractivity contribution in [2.75, 3.05) is 12.3 Å². The largest absolute Gasteiger partial charge is 0.354 e. The zero-order valence-electron chi connectivity index (χ0n) is 7.88. The summed E-state index contributed by atoms with van der Waals surface area (Å²) in [6.45, 7) is 3.08. The van der Waals surface area contributed by atoms with Crippen molar-refractivity contribution in [1.29, 1.82) is 0 Å². The second kappa shape index (κ2) is 3.88. The van der Waals surface area contributed by atoms with Gasteiger partial charge >= 0.3 is 0 Å². The maximum Gasteiger partial charge on any atom is 0.221 e. The third kappa shape index (κ3) is 2.17. The van der Waals surface area contributed by atoms with E-state index in [9.17, 15) is 4.79 Å². The number of amides is 1. The minimum absolute atomic E-state index is 0.191. The van der Waals surface area contributed by atoms with E-state index in [0.717, 1.165) is 6.54 Å². The molecule has 3 nitrogen and oxygen atoms in total. The number of carbonyl (C=O) groups excluding carboxylic acids is 1. The zero-order valence-corrected chi connectivity index (χ0v) is 8.69. The van der Waals surface area contributed by atoms with Crippen molar-refractivity contribution in [3.63, 3.8) is 0 Å². The van der Waals surface area contributed by atoms with Gasteiger partial charge in [0.2, 0.25) is 5.91 Å². The molecule has 13 heavy (non-hydrogen) atoms. The Bertz CT molecular complexity index is 210. The summed E-state index contributed by atoms with van der Waals surface area (Å²) in [4.78, 5) is 11.0. The Kier molecular flexibility index (Phi) is 2.79. The van der Waals surface area contributed by atoms with Crippen molar-refractivity contribution >= 4 is 17.7 Å². The summed E-state index contributed by atoms with van der Waals surface area (Å²) in [5.41, 5.74) is 0. The Morgan fingerprint density at radius 2 is 2.46 bits per heavy atom. The molecule has 0 bridgehead atoms. The van der Waals surface area contributed by atoms with Gasteiger partial charge in [-0.15, -0.1) is 0 Å². The molecule has 0 aliphatic carbocycles. The predicted octanol–water partition coefficient (Wildman–Crippen LogP) is 0.358. The van der Waals surface area contributed by atoms with Crippen LogP contribution < -0.4 is 10.6 Å². The van der Waals surface area contributed by atoms with Gasteiger partial charge in [-0.05, 0) is 12.2 Å². The second-order valence-electron chi connectivity index (χ2n) is 3.84. The number of hydrogen-bond acceptors (Lipinski definition) is 3. The van der Waals surface area contributed by atoms with E-state index in [1.54, 1.807) is 0 Å². The van der Waals surface area contributed by atoms with Gasteiger partial charge < -0.3 is 10.6 Å². The topological polar surface area (TPSA) is 41.1 Å². The fourth-order valence-corrected chi connectivity index (χ4v) is 3.19. The molecule has 2 fully saturated rings. The predicted molar refractivity (Wildman–Crippen MR) is 54.9 cm³/mol. The first-order valence-corrected chi connectivity index (χ1v) is 5.95. The molecule has 74 valence electrons. The fourth-order valence-electron chi connectivity index (χ4n) is 1.98. The van der Waals surface area contributed by atoms with Crippen LogP contribution in [0.3, 0.4) is 0 Å².